The zero-order valence-corrected chi connectivity index (χ0v) is 33.9. The lowest BCUT2D eigenvalue weighted by atomic mass is 9.82. The van der Waals surface area contributed by atoms with Gasteiger partial charge in [-0.15, -0.1) is 0 Å². The number of carbonyl (C=O) groups excluding carboxylic acids is 3. The zero-order valence-electron chi connectivity index (χ0n) is 33.9. The first-order valence-corrected chi connectivity index (χ1v) is 18.5. The molecule has 2 fully saturated rings. The normalized spacial score (nSPS) is 19.8. The number of nitrogens with one attached hydrogen (secondary N) is 1. The number of methoxy groups -OCH3 is 2. The Morgan fingerprint density at radius 3 is 2.20 bits per heavy atom. The number of hydrogen-bond acceptors (Lipinski definition) is 12. The minimum Gasteiger partial charge on any atom is -0.382 e. The molecule has 0 radical (unpaired) electrons. The summed E-state index contributed by atoms with van der Waals surface area (Å²) in [6, 6.07) is 0.0346. The number of likely N-dealkylation sites (N-methyl/N-ethyl adjacent to an activating group) is 2. The highest BCUT2D eigenvalue weighted by molar-refractivity contribution is 5.80. The number of hydrogen-bond donors (Lipinski definition) is 1. The van der Waals surface area contributed by atoms with Gasteiger partial charge in [-0.1, -0.05) is 0 Å². The van der Waals surface area contributed by atoms with Gasteiger partial charge in [-0.25, -0.2) is 5.01 Å². The lowest BCUT2D eigenvalue weighted by molar-refractivity contribution is -0.182. The molecular weight excluding hydrogens is 658 g/mol. The van der Waals surface area contributed by atoms with E-state index in [1.165, 1.54) is 0 Å². The Morgan fingerprint density at radius 1 is 0.863 bits per heavy atom. The number of hydrazine groups is 1. The van der Waals surface area contributed by atoms with Gasteiger partial charge < -0.3 is 38.4 Å². The summed E-state index contributed by atoms with van der Waals surface area (Å²) < 4.78 is 28.4. The first-order valence-electron chi connectivity index (χ1n) is 18.5. The van der Waals surface area contributed by atoms with E-state index in [-0.39, 0.29) is 48.9 Å². The van der Waals surface area contributed by atoms with E-state index in [0.717, 1.165) is 0 Å². The van der Waals surface area contributed by atoms with Crippen molar-refractivity contribution in [1.82, 2.24) is 34.9 Å². The monoisotopic (exact) mass is 730 g/mol. The maximum Gasteiger partial charge on any atom is 0.238 e. The van der Waals surface area contributed by atoms with Crippen LogP contribution in [0.3, 0.4) is 0 Å². The van der Waals surface area contributed by atoms with Crippen molar-refractivity contribution >= 4 is 17.7 Å². The van der Waals surface area contributed by atoms with Gasteiger partial charge in [0.25, 0.3) is 0 Å². The standard InChI is InChI=1S/C36H71N7O8/c1-28(2)39(10)24-33(45)42-16-19-50-27-30(42)31(48-12)23-37-41(26-32(44)38(9)15-18-49-22-21-47-11)14-13-40(29(3)4)25-34(46)43-17-20-51-36(7,8)35(43,5)6/h28-31,37H,13-27H2,1-12H3/t30-,31?/m0/s1. The average molecular weight is 730 g/mol. The molecule has 1 N–H and O–H groups in total. The molecule has 2 rings (SSSR count). The molecule has 2 aliphatic rings. The molecule has 1 unspecified atom stereocenters. The highest BCUT2D eigenvalue weighted by Gasteiger charge is 2.47. The van der Waals surface area contributed by atoms with Crippen LogP contribution in [0.15, 0.2) is 0 Å². The van der Waals surface area contributed by atoms with E-state index in [0.29, 0.717) is 85.5 Å². The van der Waals surface area contributed by atoms with Crippen molar-refractivity contribution in [1.29, 1.82) is 0 Å². The molecule has 0 bridgehead atoms. The lowest BCUT2D eigenvalue weighted by Crippen LogP contribution is -2.66. The van der Waals surface area contributed by atoms with E-state index in [1.54, 1.807) is 26.2 Å². The van der Waals surface area contributed by atoms with Gasteiger partial charge in [0.1, 0.15) is 0 Å². The quantitative estimate of drug-likeness (QED) is 0.124. The first kappa shape index (κ1) is 45.2. The molecule has 0 aromatic rings. The summed E-state index contributed by atoms with van der Waals surface area (Å²) in [7, 11) is 6.97. The minimum absolute atomic E-state index is 0.0343. The molecule has 0 spiro atoms. The summed E-state index contributed by atoms with van der Waals surface area (Å²) >= 11 is 0. The summed E-state index contributed by atoms with van der Waals surface area (Å²) in [4.78, 5) is 50.2. The Bertz CT molecular complexity index is 1060. The van der Waals surface area contributed by atoms with Gasteiger partial charge in [-0.3, -0.25) is 29.6 Å². The van der Waals surface area contributed by atoms with E-state index in [1.807, 2.05) is 40.6 Å². The Hall–Kier alpha value is -1.95. The van der Waals surface area contributed by atoms with Crippen LogP contribution in [0.5, 0.6) is 0 Å². The molecule has 15 heteroatoms. The van der Waals surface area contributed by atoms with Crippen molar-refractivity contribution in [2.24, 2.45) is 0 Å². The van der Waals surface area contributed by atoms with Gasteiger partial charge >= 0.3 is 0 Å². The minimum atomic E-state index is -0.475. The summed E-state index contributed by atoms with van der Waals surface area (Å²) in [5.41, 5.74) is 2.51. The number of ether oxygens (including phenoxy) is 5. The van der Waals surface area contributed by atoms with E-state index >= 15 is 0 Å². The highest BCUT2D eigenvalue weighted by Crippen LogP contribution is 2.34. The molecule has 0 aliphatic carbocycles. The lowest BCUT2D eigenvalue weighted by Gasteiger charge is -2.53. The molecule has 0 saturated carbocycles. The van der Waals surface area contributed by atoms with Crippen LogP contribution in [-0.2, 0) is 38.1 Å². The fourth-order valence-corrected chi connectivity index (χ4v) is 6.03. The van der Waals surface area contributed by atoms with Crippen LogP contribution in [0.25, 0.3) is 0 Å². The average Bonchev–Trinajstić information content (AvgIpc) is 3.07. The van der Waals surface area contributed by atoms with E-state index in [2.05, 4.69) is 51.9 Å². The third kappa shape index (κ3) is 13.8. The number of carbonyl (C=O) groups is 3. The van der Waals surface area contributed by atoms with Crippen LogP contribution in [0.1, 0.15) is 55.4 Å². The number of nitrogens with zero attached hydrogens (tertiary/aromatic N) is 6. The second kappa shape index (κ2) is 21.7. The SMILES string of the molecule is COCCOCCN(C)C(=O)CN(CCN(CC(=O)N1CCOC(C)(C)C1(C)C)C(C)C)NCC(OC)[C@@H]1COCCN1C(=O)CN(C)C(C)C. The van der Waals surface area contributed by atoms with Gasteiger partial charge in [0, 0.05) is 72.6 Å². The third-order valence-electron chi connectivity index (χ3n) is 10.7. The molecular formula is C36H71N7O8. The van der Waals surface area contributed by atoms with Crippen molar-refractivity contribution < 1.29 is 38.1 Å². The highest BCUT2D eigenvalue weighted by atomic mass is 16.5. The fraction of sp³-hybridized carbons (Fsp3) is 0.917. The van der Waals surface area contributed by atoms with E-state index < -0.39 is 17.2 Å². The van der Waals surface area contributed by atoms with Gasteiger partial charge in [0.15, 0.2) is 0 Å². The zero-order chi connectivity index (χ0) is 38.4. The Kier molecular flexibility index (Phi) is 19.2. The molecule has 0 aromatic heterocycles. The largest absolute Gasteiger partial charge is 0.382 e. The van der Waals surface area contributed by atoms with Crippen LogP contribution >= 0.6 is 0 Å². The molecule has 2 saturated heterocycles. The fourth-order valence-electron chi connectivity index (χ4n) is 6.03. The van der Waals surface area contributed by atoms with Gasteiger partial charge in [0.05, 0.1) is 82.6 Å². The van der Waals surface area contributed by atoms with Gasteiger partial charge in [0.2, 0.25) is 17.7 Å². The van der Waals surface area contributed by atoms with Gasteiger partial charge in [-0.05, 0) is 62.4 Å². The summed E-state index contributed by atoms with van der Waals surface area (Å²) in [6.07, 6.45) is -0.391. The van der Waals surface area contributed by atoms with E-state index in [9.17, 15) is 14.4 Å². The van der Waals surface area contributed by atoms with Crippen LogP contribution in [0.4, 0.5) is 0 Å². The summed E-state index contributed by atoms with van der Waals surface area (Å²) in [5, 5.41) is 1.89. The maximum absolute atomic E-state index is 13.8. The van der Waals surface area contributed by atoms with E-state index in [4.69, 9.17) is 23.7 Å². The molecule has 2 atom stereocenters. The third-order valence-corrected chi connectivity index (χ3v) is 10.7. The second-order valence-corrected chi connectivity index (χ2v) is 15.2. The molecule has 2 heterocycles. The maximum atomic E-state index is 13.8. The predicted molar refractivity (Wildman–Crippen MR) is 197 cm³/mol. The molecule has 51 heavy (non-hydrogen) atoms. The predicted octanol–water partition coefficient (Wildman–Crippen LogP) is 0.623. The van der Waals surface area contributed by atoms with Crippen molar-refractivity contribution in [3.8, 4) is 0 Å². The Balaban J connectivity index is 2.18. The van der Waals surface area contributed by atoms with Gasteiger partial charge in [-0.2, -0.15) is 0 Å². The van der Waals surface area contributed by atoms with Crippen molar-refractivity contribution in [3.63, 3.8) is 0 Å². The molecule has 298 valence electrons. The molecule has 0 aromatic carbocycles. The second-order valence-electron chi connectivity index (χ2n) is 15.2. The molecule has 3 amide bonds. The van der Waals surface area contributed by atoms with Crippen LogP contribution in [-0.4, -0.2) is 209 Å². The Morgan fingerprint density at radius 2 is 1.57 bits per heavy atom. The smallest absolute Gasteiger partial charge is 0.238 e. The van der Waals surface area contributed by atoms with Crippen LogP contribution in [0.2, 0.25) is 0 Å². The number of amides is 3. The number of rotatable bonds is 22. The van der Waals surface area contributed by atoms with Crippen molar-refractivity contribution in [3.05, 3.63) is 0 Å². The molecule has 15 nitrogen and oxygen atoms in total. The summed E-state index contributed by atoms with van der Waals surface area (Å²) in [5.74, 6) is 0.0105. The van der Waals surface area contributed by atoms with Crippen LogP contribution < -0.4 is 5.43 Å². The Labute approximate surface area is 308 Å². The van der Waals surface area contributed by atoms with Crippen molar-refractivity contribution in [2.45, 2.75) is 90.8 Å². The topological polar surface area (TPSA) is 129 Å². The molecule has 2 aliphatic heterocycles. The first-order chi connectivity index (χ1) is 24.0. The summed E-state index contributed by atoms with van der Waals surface area (Å²) in [6.45, 7) is 22.6. The van der Waals surface area contributed by atoms with Crippen LogP contribution in [0, 0.1) is 0 Å². The van der Waals surface area contributed by atoms with Crippen molar-refractivity contribution in [2.75, 3.05) is 127 Å². The number of morpholine rings is 2.